The second-order valence-corrected chi connectivity index (χ2v) is 7.22. The number of fused-ring (bicyclic) bond motifs is 1. The zero-order chi connectivity index (χ0) is 19.6. The molecule has 2 heterocycles. The van der Waals surface area contributed by atoms with Crippen LogP contribution in [0.5, 0.6) is 0 Å². The summed E-state index contributed by atoms with van der Waals surface area (Å²) in [5.41, 5.74) is -0.860. The van der Waals surface area contributed by atoms with E-state index in [9.17, 15) is 24.3 Å². The van der Waals surface area contributed by atoms with Crippen molar-refractivity contribution in [2.45, 2.75) is 6.54 Å². The Morgan fingerprint density at radius 2 is 1.96 bits per heavy atom. The molecule has 9 nitrogen and oxygen atoms in total. The SMILES string of the molecule is O=C(Cn1nc(C(=O)O)c2ccccc2c1=O)NCCN1C(=O)CSC1=S. The third-order valence-corrected chi connectivity index (χ3v) is 5.29. The molecule has 1 saturated heterocycles. The predicted molar refractivity (Wildman–Crippen MR) is 103 cm³/mol. The van der Waals surface area contributed by atoms with Crippen LogP contribution in [0.3, 0.4) is 0 Å². The van der Waals surface area contributed by atoms with Gasteiger partial charge in [-0.2, -0.15) is 5.10 Å². The lowest BCUT2D eigenvalue weighted by Crippen LogP contribution is -2.40. The highest BCUT2D eigenvalue weighted by atomic mass is 32.2. The van der Waals surface area contributed by atoms with Crippen molar-refractivity contribution >= 4 is 56.9 Å². The summed E-state index contributed by atoms with van der Waals surface area (Å²) < 4.78 is 1.29. The van der Waals surface area contributed by atoms with Gasteiger partial charge >= 0.3 is 5.97 Å². The Labute approximate surface area is 162 Å². The molecule has 140 valence electrons. The van der Waals surface area contributed by atoms with Crippen molar-refractivity contribution < 1.29 is 19.5 Å². The van der Waals surface area contributed by atoms with Crippen molar-refractivity contribution in [1.82, 2.24) is 20.0 Å². The van der Waals surface area contributed by atoms with Crippen LogP contribution < -0.4 is 10.9 Å². The molecule has 0 radical (unpaired) electrons. The molecule has 1 aliphatic rings. The molecule has 1 aromatic heterocycles. The second-order valence-electron chi connectivity index (χ2n) is 5.61. The highest BCUT2D eigenvalue weighted by Crippen LogP contribution is 2.18. The topological polar surface area (TPSA) is 122 Å². The van der Waals surface area contributed by atoms with Gasteiger partial charge in [0.1, 0.15) is 10.9 Å². The second kappa shape index (κ2) is 7.84. The van der Waals surface area contributed by atoms with E-state index < -0.39 is 24.0 Å². The van der Waals surface area contributed by atoms with Gasteiger partial charge in [-0.05, 0) is 6.07 Å². The number of aromatic carboxylic acids is 1. The van der Waals surface area contributed by atoms with Gasteiger partial charge in [-0.25, -0.2) is 9.48 Å². The van der Waals surface area contributed by atoms with Crippen molar-refractivity contribution in [3.8, 4) is 0 Å². The van der Waals surface area contributed by atoms with Crippen LogP contribution in [0.1, 0.15) is 10.5 Å². The lowest BCUT2D eigenvalue weighted by molar-refractivity contribution is -0.125. The molecule has 27 heavy (non-hydrogen) atoms. The van der Waals surface area contributed by atoms with Gasteiger partial charge in [0.2, 0.25) is 11.8 Å². The van der Waals surface area contributed by atoms with Crippen LogP contribution in [0, 0.1) is 0 Å². The standard InChI is InChI=1S/C16H14N4O5S2/c21-11(17-5-6-19-12(22)8-27-16(19)26)7-20-14(23)10-4-2-1-3-9(10)13(18-20)15(24)25/h1-4H,5-8H2,(H,17,21)(H,24,25). The summed E-state index contributed by atoms with van der Waals surface area (Å²) in [6, 6.07) is 6.19. The number of carbonyl (C=O) groups is 3. The third-order valence-electron chi connectivity index (χ3n) is 3.86. The van der Waals surface area contributed by atoms with Crippen molar-refractivity contribution in [2.24, 2.45) is 0 Å². The molecule has 11 heteroatoms. The molecule has 2 aromatic rings. The Kier molecular flexibility index (Phi) is 5.51. The molecule has 0 unspecified atom stereocenters. The highest BCUT2D eigenvalue weighted by Gasteiger charge is 2.26. The summed E-state index contributed by atoms with van der Waals surface area (Å²) in [5.74, 6) is -1.64. The van der Waals surface area contributed by atoms with Gasteiger partial charge in [0.25, 0.3) is 5.56 Å². The fourth-order valence-corrected chi connectivity index (χ4v) is 3.72. The first kappa shape index (κ1) is 19.0. The molecule has 0 aliphatic carbocycles. The molecule has 0 spiro atoms. The molecule has 1 fully saturated rings. The number of hydrogen-bond acceptors (Lipinski definition) is 7. The molecular weight excluding hydrogens is 392 g/mol. The summed E-state index contributed by atoms with van der Waals surface area (Å²) in [6.45, 7) is -0.0483. The van der Waals surface area contributed by atoms with Gasteiger partial charge in [0.05, 0.1) is 11.1 Å². The smallest absolute Gasteiger partial charge is 0.357 e. The first-order valence-corrected chi connectivity index (χ1v) is 9.25. The molecule has 1 aromatic carbocycles. The summed E-state index contributed by atoms with van der Waals surface area (Å²) in [5, 5.41) is 16.1. The van der Waals surface area contributed by atoms with Crippen LogP contribution in [0.15, 0.2) is 29.1 Å². The average molecular weight is 406 g/mol. The Hall–Kier alpha value is -2.79. The maximum atomic E-state index is 12.5. The summed E-state index contributed by atoms with van der Waals surface area (Å²) in [7, 11) is 0. The van der Waals surface area contributed by atoms with Gasteiger partial charge in [-0.15, -0.1) is 0 Å². The van der Waals surface area contributed by atoms with Crippen LogP contribution in [-0.2, 0) is 16.1 Å². The van der Waals surface area contributed by atoms with Crippen molar-refractivity contribution in [3.63, 3.8) is 0 Å². The van der Waals surface area contributed by atoms with E-state index in [4.69, 9.17) is 12.2 Å². The number of thioether (sulfide) groups is 1. The molecule has 1 aliphatic heterocycles. The highest BCUT2D eigenvalue weighted by molar-refractivity contribution is 8.23. The largest absolute Gasteiger partial charge is 0.476 e. The maximum Gasteiger partial charge on any atom is 0.357 e. The third kappa shape index (κ3) is 3.98. The van der Waals surface area contributed by atoms with E-state index in [1.54, 1.807) is 12.1 Å². The molecule has 2 amide bonds. The number of hydrogen-bond donors (Lipinski definition) is 2. The number of benzene rings is 1. The lowest BCUT2D eigenvalue weighted by Gasteiger charge is -2.15. The summed E-state index contributed by atoms with van der Waals surface area (Å²) >= 11 is 6.31. The normalized spacial score (nSPS) is 14.0. The zero-order valence-electron chi connectivity index (χ0n) is 13.9. The Morgan fingerprint density at radius 3 is 2.59 bits per heavy atom. The lowest BCUT2D eigenvalue weighted by atomic mass is 10.1. The van der Waals surface area contributed by atoms with Crippen LogP contribution in [0.2, 0.25) is 0 Å². The molecular formula is C16H14N4O5S2. The zero-order valence-corrected chi connectivity index (χ0v) is 15.5. The minimum absolute atomic E-state index is 0.113. The Balaban J connectivity index is 1.72. The predicted octanol–water partition coefficient (Wildman–Crippen LogP) is 0.0712. The van der Waals surface area contributed by atoms with Gasteiger partial charge in [-0.1, -0.05) is 42.2 Å². The number of aromatic nitrogens is 2. The van der Waals surface area contributed by atoms with E-state index in [1.165, 1.54) is 28.8 Å². The minimum atomic E-state index is -1.29. The fourth-order valence-electron chi connectivity index (χ4n) is 2.60. The molecule has 0 bridgehead atoms. The maximum absolute atomic E-state index is 12.5. The van der Waals surface area contributed by atoms with Crippen LogP contribution in [0.4, 0.5) is 0 Å². The molecule has 2 N–H and O–H groups in total. The summed E-state index contributed by atoms with van der Waals surface area (Å²) in [6.07, 6.45) is 0. The first-order chi connectivity index (χ1) is 12.9. The molecule has 0 saturated carbocycles. The number of carbonyl (C=O) groups excluding carboxylic acids is 2. The van der Waals surface area contributed by atoms with Crippen molar-refractivity contribution in [1.29, 1.82) is 0 Å². The molecule has 0 atom stereocenters. The van der Waals surface area contributed by atoms with E-state index in [1.807, 2.05) is 0 Å². The van der Waals surface area contributed by atoms with Gasteiger partial charge < -0.3 is 10.4 Å². The number of carboxylic acid groups (broad SMARTS) is 1. The van der Waals surface area contributed by atoms with Crippen molar-refractivity contribution in [3.05, 3.63) is 40.3 Å². The summed E-state index contributed by atoms with van der Waals surface area (Å²) in [4.78, 5) is 49.0. The minimum Gasteiger partial charge on any atom is -0.476 e. The van der Waals surface area contributed by atoms with E-state index in [0.29, 0.717) is 10.1 Å². The Bertz CT molecular complexity index is 1000. The Morgan fingerprint density at radius 1 is 1.26 bits per heavy atom. The van der Waals surface area contributed by atoms with Crippen molar-refractivity contribution in [2.75, 3.05) is 18.8 Å². The van der Waals surface area contributed by atoms with E-state index in [-0.39, 0.29) is 35.5 Å². The molecule has 3 rings (SSSR count). The monoisotopic (exact) mass is 406 g/mol. The number of rotatable bonds is 6. The number of thiocarbonyl (C=S) groups is 1. The van der Waals surface area contributed by atoms with Crippen LogP contribution >= 0.6 is 24.0 Å². The van der Waals surface area contributed by atoms with E-state index in [2.05, 4.69) is 10.4 Å². The number of nitrogens with zero attached hydrogens (tertiary/aromatic N) is 3. The number of carboxylic acids is 1. The van der Waals surface area contributed by atoms with E-state index >= 15 is 0 Å². The van der Waals surface area contributed by atoms with Crippen LogP contribution in [0.25, 0.3) is 10.8 Å². The quantitative estimate of drug-likeness (QED) is 0.647. The van der Waals surface area contributed by atoms with Gasteiger partial charge in [0, 0.05) is 18.5 Å². The number of nitrogens with one attached hydrogen (secondary N) is 1. The van der Waals surface area contributed by atoms with E-state index in [0.717, 1.165) is 4.68 Å². The average Bonchev–Trinajstić information content (AvgIpc) is 2.96. The fraction of sp³-hybridized carbons (Fsp3) is 0.250. The number of amides is 2. The first-order valence-electron chi connectivity index (χ1n) is 7.85. The van der Waals surface area contributed by atoms with Crippen LogP contribution in [-0.4, -0.2) is 60.7 Å². The van der Waals surface area contributed by atoms with Gasteiger partial charge in [-0.3, -0.25) is 19.3 Å². The van der Waals surface area contributed by atoms with Gasteiger partial charge in [0.15, 0.2) is 5.69 Å².